The number of carbonyl (C=O) groups is 3. The van der Waals surface area contributed by atoms with E-state index in [1.165, 1.54) is 0 Å². The summed E-state index contributed by atoms with van der Waals surface area (Å²) < 4.78 is 1.74. The van der Waals surface area contributed by atoms with Crippen molar-refractivity contribution in [3.8, 4) is 0 Å². The zero-order valence-electron chi connectivity index (χ0n) is 14.4. The van der Waals surface area contributed by atoms with Gasteiger partial charge in [-0.1, -0.05) is 0 Å². The molecule has 0 radical (unpaired) electrons. The summed E-state index contributed by atoms with van der Waals surface area (Å²) in [5.41, 5.74) is -0.527. The van der Waals surface area contributed by atoms with Crippen molar-refractivity contribution in [1.82, 2.24) is 20.0 Å². The van der Waals surface area contributed by atoms with Crippen LogP contribution in [0, 0.1) is 5.92 Å². The smallest absolute Gasteiger partial charge is 0.323 e. The van der Waals surface area contributed by atoms with Crippen LogP contribution in [0.3, 0.4) is 0 Å². The predicted molar refractivity (Wildman–Crippen MR) is 87.2 cm³/mol. The molecule has 2 fully saturated rings. The van der Waals surface area contributed by atoms with Crippen molar-refractivity contribution in [2.24, 2.45) is 5.92 Å². The van der Waals surface area contributed by atoms with Crippen molar-refractivity contribution in [3.63, 3.8) is 0 Å². The largest absolute Gasteiger partial charge is 0.325 e. The van der Waals surface area contributed by atoms with Gasteiger partial charge in [0, 0.05) is 6.20 Å². The first kappa shape index (κ1) is 16.5. The van der Waals surface area contributed by atoms with Crippen LogP contribution in [-0.2, 0) is 15.1 Å². The number of rotatable bonds is 4. The fourth-order valence-electron chi connectivity index (χ4n) is 2.89. The molecule has 1 unspecified atom stereocenters. The summed E-state index contributed by atoms with van der Waals surface area (Å²) in [5.74, 6) is -0.574. The topological polar surface area (TPSA) is 96.3 Å². The maximum Gasteiger partial charge on any atom is 0.325 e. The lowest BCUT2D eigenvalue weighted by atomic mass is 9.96. The Balaban J connectivity index is 1.64. The molecule has 3 rings (SSSR count). The van der Waals surface area contributed by atoms with E-state index in [0.29, 0.717) is 5.69 Å². The van der Waals surface area contributed by atoms with Gasteiger partial charge in [-0.3, -0.25) is 19.2 Å². The summed E-state index contributed by atoms with van der Waals surface area (Å²) in [6.45, 7) is 7.43. The van der Waals surface area contributed by atoms with Gasteiger partial charge in [0.1, 0.15) is 12.1 Å². The van der Waals surface area contributed by atoms with Gasteiger partial charge in [-0.25, -0.2) is 4.79 Å². The number of imide groups is 1. The molecule has 1 saturated carbocycles. The minimum Gasteiger partial charge on any atom is -0.323 e. The normalized spacial score (nSPS) is 24.2. The van der Waals surface area contributed by atoms with Gasteiger partial charge in [-0.2, -0.15) is 5.10 Å². The van der Waals surface area contributed by atoms with Crippen LogP contribution in [0.1, 0.15) is 40.5 Å². The molecular weight excluding hydrogens is 310 g/mol. The highest BCUT2D eigenvalue weighted by Gasteiger charge is 2.56. The van der Waals surface area contributed by atoms with Gasteiger partial charge in [0.2, 0.25) is 5.91 Å². The van der Waals surface area contributed by atoms with E-state index >= 15 is 0 Å². The molecule has 1 atom stereocenters. The zero-order valence-corrected chi connectivity index (χ0v) is 14.4. The van der Waals surface area contributed by atoms with Crippen LogP contribution >= 0.6 is 0 Å². The van der Waals surface area contributed by atoms with Crippen LogP contribution < -0.4 is 10.6 Å². The molecule has 130 valence electrons. The Morgan fingerprint density at radius 2 is 2.08 bits per heavy atom. The van der Waals surface area contributed by atoms with E-state index in [0.717, 1.165) is 17.7 Å². The molecule has 8 heteroatoms. The number of amides is 4. The molecule has 1 saturated heterocycles. The summed E-state index contributed by atoms with van der Waals surface area (Å²) in [7, 11) is 0. The van der Waals surface area contributed by atoms with Crippen LogP contribution in [0.2, 0.25) is 0 Å². The number of nitrogens with one attached hydrogen (secondary N) is 2. The molecule has 0 spiro atoms. The Kier molecular flexibility index (Phi) is 3.65. The third kappa shape index (κ3) is 2.88. The summed E-state index contributed by atoms with van der Waals surface area (Å²) in [6.07, 6.45) is 5.12. The molecule has 8 nitrogen and oxygen atoms in total. The Morgan fingerprint density at radius 1 is 1.42 bits per heavy atom. The van der Waals surface area contributed by atoms with Gasteiger partial charge in [-0.15, -0.1) is 0 Å². The highest BCUT2D eigenvalue weighted by Crippen LogP contribution is 2.42. The fraction of sp³-hybridized carbons (Fsp3) is 0.625. The molecule has 2 heterocycles. The first-order valence-corrected chi connectivity index (χ1v) is 8.10. The third-order valence-corrected chi connectivity index (χ3v) is 4.55. The number of aromatic nitrogens is 2. The monoisotopic (exact) mass is 333 g/mol. The van der Waals surface area contributed by atoms with Gasteiger partial charge in [0.05, 0.1) is 17.4 Å². The second kappa shape index (κ2) is 5.32. The second-order valence-electron chi connectivity index (χ2n) is 7.69. The average molecular weight is 333 g/mol. The van der Waals surface area contributed by atoms with E-state index in [1.807, 2.05) is 20.8 Å². The van der Waals surface area contributed by atoms with Gasteiger partial charge < -0.3 is 10.6 Å². The predicted octanol–water partition coefficient (Wildman–Crippen LogP) is 1.30. The number of carbonyl (C=O) groups excluding carboxylic acids is 3. The SMILES string of the molecule is CC1(C2CC2)NC(=O)N(CC(=O)Nc2cnn(C(C)(C)C)c2)C1=O. The van der Waals surface area contributed by atoms with E-state index in [1.54, 1.807) is 24.0 Å². The lowest BCUT2D eigenvalue weighted by Crippen LogP contribution is -2.46. The third-order valence-electron chi connectivity index (χ3n) is 4.55. The number of nitrogens with zero attached hydrogens (tertiary/aromatic N) is 3. The summed E-state index contributed by atoms with van der Waals surface area (Å²) in [4.78, 5) is 37.7. The number of urea groups is 1. The van der Waals surface area contributed by atoms with Gasteiger partial charge in [0.15, 0.2) is 0 Å². The molecule has 0 bridgehead atoms. The number of hydrogen-bond acceptors (Lipinski definition) is 4. The molecule has 1 aromatic rings. The van der Waals surface area contributed by atoms with Gasteiger partial charge >= 0.3 is 6.03 Å². The Labute approximate surface area is 140 Å². The standard InChI is InChI=1S/C16H23N5O3/c1-15(2,3)21-8-11(7-17-21)18-12(22)9-20-13(23)16(4,10-5-6-10)19-14(20)24/h7-8,10H,5-6,9H2,1-4H3,(H,18,22)(H,19,24). The lowest BCUT2D eigenvalue weighted by Gasteiger charge is -2.20. The molecule has 2 N–H and O–H groups in total. The van der Waals surface area contributed by atoms with Crippen molar-refractivity contribution in [3.05, 3.63) is 12.4 Å². The van der Waals surface area contributed by atoms with Gasteiger partial charge in [-0.05, 0) is 46.5 Å². The van der Waals surface area contributed by atoms with E-state index in [-0.39, 0.29) is 23.9 Å². The minimum atomic E-state index is -0.867. The molecule has 1 aliphatic heterocycles. The molecule has 24 heavy (non-hydrogen) atoms. The van der Waals surface area contributed by atoms with Crippen LogP contribution in [-0.4, -0.2) is 44.6 Å². The zero-order chi connectivity index (χ0) is 17.7. The average Bonchev–Trinajstić information content (AvgIpc) is 3.18. The lowest BCUT2D eigenvalue weighted by molar-refractivity contribution is -0.134. The van der Waals surface area contributed by atoms with E-state index < -0.39 is 17.5 Å². The summed E-state index contributed by atoms with van der Waals surface area (Å²) >= 11 is 0. The van der Waals surface area contributed by atoms with Crippen molar-refractivity contribution >= 4 is 23.5 Å². The molecule has 2 aliphatic rings. The van der Waals surface area contributed by atoms with Crippen molar-refractivity contribution in [2.75, 3.05) is 11.9 Å². The van der Waals surface area contributed by atoms with E-state index in [9.17, 15) is 14.4 Å². The van der Waals surface area contributed by atoms with Crippen molar-refractivity contribution in [1.29, 1.82) is 0 Å². The Hall–Kier alpha value is -2.38. The molecule has 0 aromatic carbocycles. The van der Waals surface area contributed by atoms with E-state index in [2.05, 4.69) is 15.7 Å². The number of hydrogen-bond donors (Lipinski definition) is 2. The molecular formula is C16H23N5O3. The summed E-state index contributed by atoms with van der Waals surface area (Å²) in [5, 5.41) is 9.60. The Morgan fingerprint density at radius 3 is 2.62 bits per heavy atom. The Bertz CT molecular complexity index is 701. The van der Waals surface area contributed by atoms with Gasteiger partial charge in [0.25, 0.3) is 5.91 Å². The van der Waals surface area contributed by atoms with Crippen molar-refractivity contribution in [2.45, 2.75) is 51.6 Å². The van der Waals surface area contributed by atoms with Crippen LogP contribution in [0.25, 0.3) is 0 Å². The van der Waals surface area contributed by atoms with Crippen LogP contribution in [0.5, 0.6) is 0 Å². The maximum atomic E-state index is 12.5. The van der Waals surface area contributed by atoms with Crippen LogP contribution in [0.4, 0.5) is 10.5 Å². The van der Waals surface area contributed by atoms with Crippen molar-refractivity contribution < 1.29 is 14.4 Å². The number of anilines is 1. The maximum absolute atomic E-state index is 12.5. The highest BCUT2D eigenvalue weighted by atomic mass is 16.2. The minimum absolute atomic E-state index is 0.173. The quantitative estimate of drug-likeness (QED) is 0.812. The molecule has 1 aliphatic carbocycles. The van der Waals surface area contributed by atoms with E-state index in [4.69, 9.17) is 0 Å². The molecule has 4 amide bonds. The first-order valence-electron chi connectivity index (χ1n) is 8.10. The highest BCUT2D eigenvalue weighted by molar-refractivity contribution is 6.10. The second-order valence-corrected chi connectivity index (χ2v) is 7.69. The summed E-state index contributed by atoms with van der Waals surface area (Å²) in [6, 6.07) is -0.505. The molecule has 1 aromatic heterocycles. The van der Waals surface area contributed by atoms with Crippen LogP contribution in [0.15, 0.2) is 12.4 Å². The fourth-order valence-corrected chi connectivity index (χ4v) is 2.89. The first-order chi connectivity index (χ1) is 11.1.